The Morgan fingerprint density at radius 3 is 2.57 bits per heavy atom. The molecule has 1 aliphatic carbocycles. The molecule has 0 radical (unpaired) electrons. The van der Waals surface area contributed by atoms with Crippen LogP contribution in [0.1, 0.15) is 27.7 Å². The molecule has 120 valence electrons. The molecule has 0 aliphatic heterocycles. The predicted molar refractivity (Wildman–Crippen MR) is 73.2 cm³/mol. The number of halogens is 5. The summed E-state index contributed by atoms with van der Waals surface area (Å²) < 4.78 is 64.5. The predicted octanol–water partition coefficient (Wildman–Crippen LogP) is 4.16. The van der Waals surface area contributed by atoms with Crippen LogP contribution >= 0.6 is 0 Å². The number of hydrogen-bond acceptors (Lipinski definition) is 1. The first kappa shape index (κ1) is 15.5. The minimum Gasteiger partial charge on any atom is -0.343 e. The monoisotopic (exact) mass is 327 g/mol. The maximum atomic E-state index is 14.3. The maximum Gasteiger partial charge on any atom is 0.405 e. The Labute approximate surface area is 127 Å². The molecule has 0 spiro atoms. The van der Waals surface area contributed by atoms with Crippen molar-refractivity contribution >= 4 is 5.91 Å². The zero-order valence-corrected chi connectivity index (χ0v) is 11.5. The molecular weight excluding hydrogens is 317 g/mol. The van der Waals surface area contributed by atoms with E-state index in [1.165, 1.54) is 30.3 Å². The van der Waals surface area contributed by atoms with Crippen LogP contribution in [0.4, 0.5) is 22.0 Å². The third kappa shape index (κ3) is 2.78. The topological polar surface area (TPSA) is 29.1 Å². The van der Waals surface area contributed by atoms with Crippen LogP contribution in [0.2, 0.25) is 0 Å². The lowest BCUT2D eigenvalue weighted by Gasteiger charge is -2.09. The Bertz CT molecular complexity index is 785. The van der Waals surface area contributed by atoms with Crippen LogP contribution in [0.5, 0.6) is 0 Å². The standard InChI is InChI=1S/C16H10F5NO/c17-12-3-1-2-9-11-6-8(15(23)22-7-16(19,20)21)4-5-10(11)14(18)13(9)12/h1-6,14H,7H2,(H,22,23). The van der Waals surface area contributed by atoms with E-state index in [-0.39, 0.29) is 16.7 Å². The number of carbonyl (C=O) groups is 1. The fourth-order valence-corrected chi connectivity index (χ4v) is 2.62. The van der Waals surface area contributed by atoms with Crippen LogP contribution in [0, 0.1) is 5.82 Å². The summed E-state index contributed by atoms with van der Waals surface area (Å²) in [7, 11) is 0. The summed E-state index contributed by atoms with van der Waals surface area (Å²) in [6, 6.07) is 7.84. The van der Waals surface area contributed by atoms with Gasteiger partial charge in [-0.15, -0.1) is 0 Å². The summed E-state index contributed by atoms with van der Waals surface area (Å²) in [5, 5.41) is 1.74. The van der Waals surface area contributed by atoms with E-state index in [2.05, 4.69) is 0 Å². The van der Waals surface area contributed by atoms with E-state index in [4.69, 9.17) is 0 Å². The zero-order valence-electron chi connectivity index (χ0n) is 11.5. The van der Waals surface area contributed by atoms with Gasteiger partial charge in [-0.1, -0.05) is 18.2 Å². The van der Waals surface area contributed by atoms with E-state index in [1.807, 2.05) is 0 Å². The van der Waals surface area contributed by atoms with Gasteiger partial charge in [0.15, 0.2) is 6.17 Å². The molecule has 1 N–H and O–H groups in total. The van der Waals surface area contributed by atoms with E-state index in [0.717, 1.165) is 6.07 Å². The minimum absolute atomic E-state index is 0.0442. The van der Waals surface area contributed by atoms with Gasteiger partial charge in [-0.3, -0.25) is 4.79 Å². The highest BCUT2D eigenvalue weighted by Crippen LogP contribution is 2.46. The minimum atomic E-state index is -4.52. The van der Waals surface area contributed by atoms with Crippen molar-refractivity contribution in [2.24, 2.45) is 0 Å². The fourth-order valence-electron chi connectivity index (χ4n) is 2.62. The van der Waals surface area contributed by atoms with E-state index in [1.54, 1.807) is 5.32 Å². The van der Waals surface area contributed by atoms with Gasteiger partial charge in [0.1, 0.15) is 12.4 Å². The smallest absolute Gasteiger partial charge is 0.343 e. The lowest BCUT2D eigenvalue weighted by molar-refractivity contribution is -0.123. The van der Waals surface area contributed by atoms with Gasteiger partial charge in [0, 0.05) is 11.1 Å². The summed E-state index contributed by atoms with van der Waals surface area (Å²) in [4.78, 5) is 11.8. The van der Waals surface area contributed by atoms with E-state index < -0.39 is 30.6 Å². The molecule has 2 nitrogen and oxygen atoms in total. The molecule has 1 aliphatic rings. The molecule has 1 amide bonds. The van der Waals surface area contributed by atoms with Crippen LogP contribution < -0.4 is 5.32 Å². The SMILES string of the molecule is O=C(NCC(F)(F)F)c1ccc2c(c1)-c1cccc(F)c1C2F. The number of nitrogens with one attached hydrogen (secondary N) is 1. The van der Waals surface area contributed by atoms with Crippen molar-refractivity contribution in [3.63, 3.8) is 0 Å². The molecule has 0 saturated heterocycles. The van der Waals surface area contributed by atoms with Gasteiger partial charge < -0.3 is 5.32 Å². The first-order chi connectivity index (χ1) is 10.8. The normalized spacial score (nSPS) is 16.0. The third-order valence-corrected chi connectivity index (χ3v) is 3.63. The molecule has 2 aromatic carbocycles. The summed E-state index contributed by atoms with van der Waals surface area (Å²) in [5.41, 5.74) is 0.648. The second-order valence-electron chi connectivity index (χ2n) is 5.16. The van der Waals surface area contributed by atoms with Crippen LogP contribution in [-0.2, 0) is 0 Å². The highest BCUT2D eigenvalue weighted by molar-refractivity contribution is 5.96. The van der Waals surface area contributed by atoms with Crippen molar-refractivity contribution < 1.29 is 26.7 Å². The second-order valence-corrected chi connectivity index (χ2v) is 5.16. The molecular formula is C16H10F5NO. The van der Waals surface area contributed by atoms with Crippen molar-refractivity contribution in [1.82, 2.24) is 5.32 Å². The number of hydrogen-bond donors (Lipinski definition) is 1. The highest BCUT2D eigenvalue weighted by atomic mass is 19.4. The fraction of sp³-hybridized carbons (Fsp3) is 0.188. The molecule has 0 saturated carbocycles. The van der Waals surface area contributed by atoms with E-state index in [0.29, 0.717) is 11.1 Å². The average molecular weight is 327 g/mol. The number of amides is 1. The number of benzene rings is 2. The lowest BCUT2D eigenvalue weighted by atomic mass is 10.0. The Kier molecular flexibility index (Phi) is 3.58. The van der Waals surface area contributed by atoms with Crippen molar-refractivity contribution in [2.45, 2.75) is 12.3 Å². The number of rotatable bonds is 2. The molecule has 7 heteroatoms. The van der Waals surface area contributed by atoms with Crippen LogP contribution in [-0.4, -0.2) is 18.6 Å². The molecule has 1 unspecified atom stereocenters. The van der Waals surface area contributed by atoms with Gasteiger partial charge in [-0.25, -0.2) is 8.78 Å². The van der Waals surface area contributed by atoms with Gasteiger partial charge in [0.25, 0.3) is 5.91 Å². The summed E-state index contributed by atoms with van der Waals surface area (Å²) in [5.74, 6) is -1.63. The van der Waals surface area contributed by atoms with Crippen LogP contribution in [0.25, 0.3) is 11.1 Å². The number of alkyl halides is 4. The summed E-state index contributed by atoms with van der Waals surface area (Å²) >= 11 is 0. The van der Waals surface area contributed by atoms with E-state index in [9.17, 15) is 26.7 Å². The molecule has 0 aromatic heterocycles. The quantitative estimate of drug-likeness (QED) is 0.825. The van der Waals surface area contributed by atoms with E-state index >= 15 is 0 Å². The first-order valence-corrected chi connectivity index (χ1v) is 6.69. The lowest BCUT2D eigenvalue weighted by Crippen LogP contribution is -2.33. The number of carbonyl (C=O) groups excluding carboxylic acids is 1. The van der Waals surface area contributed by atoms with Gasteiger partial charge >= 0.3 is 6.18 Å². The average Bonchev–Trinajstić information content (AvgIpc) is 2.78. The zero-order chi connectivity index (χ0) is 16.8. The summed E-state index contributed by atoms with van der Waals surface area (Å²) in [6.45, 7) is -1.46. The van der Waals surface area contributed by atoms with Crippen molar-refractivity contribution in [3.8, 4) is 11.1 Å². The molecule has 2 aromatic rings. The Balaban J connectivity index is 1.95. The molecule has 3 rings (SSSR count). The molecule has 0 heterocycles. The molecule has 23 heavy (non-hydrogen) atoms. The van der Waals surface area contributed by atoms with Gasteiger partial charge in [-0.05, 0) is 34.9 Å². The maximum absolute atomic E-state index is 14.3. The van der Waals surface area contributed by atoms with Crippen molar-refractivity contribution in [3.05, 3.63) is 58.9 Å². The first-order valence-electron chi connectivity index (χ1n) is 6.69. The van der Waals surface area contributed by atoms with Crippen molar-refractivity contribution in [2.75, 3.05) is 6.54 Å². The third-order valence-electron chi connectivity index (χ3n) is 3.63. The highest BCUT2D eigenvalue weighted by Gasteiger charge is 2.32. The van der Waals surface area contributed by atoms with Gasteiger partial charge in [-0.2, -0.15) is 13.2 Å². The van der Waals surface area contributed by atoms with Gasteiger partial charge in [0.05, 0.1) is 0 Å². The van der Waals surface area contributed by atoms with Crippen LogP contribution in [0.15, 0.2) is 36.4 Å². The van der Waals surface area contributed by atoms with Crippen molar-refractivity contribution in [1.29, 1.82) is 0 Å². The van der Waals surface area contributed by atoms with Crippen LogP contribution in [0.3, 0.4) is 0 Å². The molecule has 0 bridgehead atoms. The largest absolute Gasteiger partial charge is 0.405 e. The Morgan fingerprint density at radius 2 is 1.87 bits per heavy atom. The Hall–Kier alpha value is -2.44. The number of fused-ring (bicyclic) bond motifs is 3. The Morgan fingerprint density at radius 1 is 1.13 bits per heavy atom. The molecule has 0 fully saturated rings. The second kappa shape index (κ2) is 5.33. The molecule has 1 atom stereocenters. The summed E-state index contributed by atoms with van der Waals surface area (Å²) in [6.07, 6.45) is -6.18. The van der Waals surface area contributed by atoms with Gasteiger partial charge in [0.2, 0.25) is 0 Å².